The molecule has 19 heavy (non-hydrogen) atoms. The molecule has 3 aromatic heterocycles. The fourth-order valence-electron chi connectivity index (χ4n) is 1.41. The maximum absolute atomic E-state index is 10.9. The molecule has 8 nitrogen and oxygen atoms in total. The first-order valence-corrected chi connectivity index (χ1v) is 5.42. The molecule has 0 spiro atoms. The first-order chi connectivity index (χ1) is 9.22. The van der Waals surface area contributed by atoms with E-state index < -0.39 is 0 Å². The fraction of sp³-hybridized carbons (Fsp3) is 0.0909. The minimum Gasteiger partial charge on any atom is -0.332 e. The number of aromatic nitrogens is 6. The topological polar surface area (TPSA) is 110 Å². The van der Waals surface area contributed by atoms with E-state index in [9.17, 15) is 4.79 Å². The summed E-state index contributed by atoms with van der Waals surface area (Å²) in [6, 6.07) is 3.55. The molecular formula is C11H8N6O2. The third-order valence-corrected chi connectivity index (χ3v) is 2.34. The summed E-state index contributed by atoms with van der Waals surface area (Å²) < 4.78 is 5.06. The Morgan fingerprint density at radius 2 is 2.11 bits per heavy atom. The summed E-state index contributed by atoms with van der Waals surface area (Å²) in [7, 11) is 0. The van der Waals surface area contributed by atoms with Gasteiger partial charge in [-0.1, -0.05) is 5.16 Å². The zero-order valence-electron chi connectivity index (χ0n) is 9.86. The molecule has 0 amide bonds. The standard InChI is InChI=1S/C11H8N6O2/c1-6-2-3-7(16-15-6)10-14-11(19-17-10)8-4-13-9(18)5-12-8/h2-5H,1H3,(H,13,18). The largest absolute Gasteiger partial charge is 0.332 e. The molecule has 0 aliphatic carbocycles. The van der Waals surface area contributed by atoms with Crippen molar-refractivity contribution in [2.24, 2.45) is 0 Å². The van der Waals surface area contributed by atoms with Crippen LogP contribution in [0.4, 0.5) is 0 Å². The molecule has 8 heteroatoms. The molecule has 0 aromatic carbocycles. The highest BCUT2D eigenvalue weighted by atomic mass is 16.5. The van der Waals surface area contributed by atoms with E-state index in [0.29, 0.717) is 17.2 Å². The SMILES string of the molecule is Cc1ccc(-c2noc(-c3c[nH]c(=O)cn3)n2)nn1. The van der Waals surface area contributed by atoms with Crippen LogP contribution >= 0.6 is 0 Å². The van der Waals surface area contributed by atoms with Crippen LogP contribution in [0.25, 0.3) is 23.1 Å². The van der Waals surface area contributed by atoms with Gasteiger partial charge >= 0.3 is 0 Å². The van der Waals surface area contributed by atoms with Gasteiger partial charge in [-0.3, -0.25) is 4.79 Å². The molecule has 3 heterocycles. The van der Waals surface area contributed by atoms with E-state index in [0.717, 1.165) is 11.9 Å². The number of nitrogens with one attached hydrogen (secondary N) is 1. The zero-order chi connectivity index (χ0) is 13.2. The Labute approximate surface area is 106 Å². The van der Waals surface area contributed by atoms with Crippen LogP contribution in [0.15, 0.2) is 33.8 Å². The summed E-state index contributed by atoms with van der Waals surface area (Å²) in [4.78, 5) is 21.4. The Kier molecular flexibility index (Phi) is 2.60. The molecule has 0 saturated carbocycles. The van der Waals surface area contributed by atoms with Crippen LogP contribution in [0.5, 0.6) is 0 Å². The van der Waals surface area contributed by atoms with Crippen LogP contribution < -0.4 is 5.56 Å². The summed E-state index contributed by atoms with van der Waals surface area (Å²) in [5.41, 5.74) is 1.39. The van der Waals surface area contributed by atoms with Crippen LogP contribution in [0.3, 0.4) is 0 Å². The summed E-state index contributed by atoms with van der Waals surface area (Å²) in [5.74, 6) is 0.518. The Balaban J connectivity index is 1.97. The van der Waals surface area contributed by atoms with Crippen molar-refractivity contribution in [1.82, 2.24) is 30.3 Å². The van der Waals surface area contributed by atoms with E-state index in [1.165, 1.54) is 6.20 Å². The van der Waals surface area contributed by atoms with Gasteiger partial charge in [0.1, 0.15) is 11.4 Å². The quantitative estimate of drug-likeness (QED) is 0.714. The number of nitrogens with zero attached hydrogens (tertiary/aromatic N) is 5. The molecule has 0 fully saturated rings. The summed E-state index contributed by atoms with van der Waals surface area (Å²) in [6.07, 6.45) is 2.55. The average molecular weight is 256 g/mol. The van der Waals surface area contributed by atoms with Crippen LogP contribution in [0, 0.1) is 6.92 Å². The van der Waals surface area contributed by atoms with Gasteiger partial charge in [0.05, 0.1) is 11.9 Å². The molecule has 0 saturated heterocycles. The molecule has 0 unspecified atom stereocenters. The van der Waals surface area contributed by atoms with Crippen molar-refractivity contribution in [2.75, 3.05) is 0 Å². The molecular weight excluding hydrogens is 248 g/mol. The van der Waals surface area contributed by atoms with E-state index in [1.807, 2.05) is 6.92 Å². The minimum absolute atomic E-state index is 0.202. The molecule has 94 valence electrons. The molecule has 3 rings (SSSR count). The van der Waals surface area contributed by atoms with E-state index in [1.54, 1.807) is 12.1 Å². The number of aryl methyl sites for hydroxylation is 1. The van der Waals surface area contributed by atoms with E-state index in [2.05, 4.69) is 30.3 Å². The van der Waals surface area contributed by atoms with Crippen molar-refractivity contribution in [3.63, 3.8) is 0 Å². The van der Waals surface area contributed by atoms with Gasteiger partial charge in [0.2, 0.25) is 5.82 Å². The second kappa shape index (κ2) is 4.41. The predicted octanol–water partition coefficient (Wildman–Crippen LogP) is 0.585. The number of H-pyrrole nitrogens is 1. The van der Waals surface area contributed by atoms with Gasteiger partial charge in [-0.15, -0.1) is 5.10 Å². The van der Waals surface area contributed by atoms with Gasteiger partial charge in [0.25, 0.3) is 11.4 Å². The second-order valence-electron chi connectivity index (χ2n) is 3.78. The summed E-state index contributed by atoms with van der Waals surface area (Å²) >= 11 is 0. The average Bonchev–Trinajstić information content (AvgIpc) is 2.90. The van der Waals surface area contributed by atoms with Gasteiger partial charge in [0, 0.05) is 6.20 Å². The maximum atomic E-state index is 10.9. The second-order valence-corrected chi connectivity index (χ2v) is 3.78. The summed E-state index contributed by atoms with van der Waals surface area (Å²) in [5, 5.41) is 11.7. The van der Waals surface area contributed by atoms with Gasteiger partial charge in [-0.2, -0.15) is 10.1 Å². The Bertz CT molecular complexity index is 741. The third kappa shape index (κ3) is 2.23. The van der Waals surface area contributed by atoms with Crippen molar-refractivity contribution in [3.8, 4) is 23.1 Å². The van der Waals surface area contributed by atoms with Crippen LogP contribution in [-0.4, -0.2) is 30.3 Å². The van der Waals surface area contributed by atoms with Crippen LogP contribution in [-0.2, 0) is 0 Å². The fourth-order valence-corrected chi connectivity index (χ4v) is 1.41. The van der Waals surface area contributed by atoms with Gasteiger partial charge in [-0.25, -0.2) is 4.98 Å². The van der Waals surface area contributed by atoms with Crippen molar-refractivity contribution < 1.29 is 4.52 Å². The Morgan fingerprint density at radius 3 is 2.79 bits per heavy atom. The van der Waals surface area contributed by atoms with E-state index in [4.69, 9.17) is 4.52 Å². The van der Waals surface area contributed by atoms with Gasteiger partial charge in [-0.05, 0) is 19.1 Å². The molecule has 1 N–H and O–H groups in total. The van der Waals surface area contributed by atoms with Gasteiger partial charge in [0.15, 0.2) is 0 Å². The lowest BCUT2D eigenvalue weighted by molar-refractivity contribution is 0.430. The molecule has 0 aliphatic rings. The minimum atomic E-state index is -0.298. The normalized spacial score (nSPS) is 10.6. The highest BCUT2D eigenvalue weighted by molar-refractivity contribution is 5.52. The summed E-state index contributed by atoms with van der Waals surface area (Å²) in [6.45, 7) is 1.84. The lowest BCUT2D eigenvalue weighted by Crippen LogP contribution is -2.04. The highest BCUT2D eigenvalue weighted by Gasteiger charge is 2.12. The molecule has 0 aliphatic heterocycles. The first-order valence-electron chi connectivity index (χ1n) is 5.42. The lowest BCUT2D eigenvalue weighted by Gasteiger charge is -1.92. The molecule has 0 radical (unpaired) electrons. The first kappa shape index (κ1) is 11.2. The number of hydrogen-bond donors (Lipinski definition) is 1. The van der Waals surface area contributed by atoms with Crippen molar-refractivity contribution in [2.45, 2.75) is 6.92 Å². The van der Waals surface area contributed by atoms with Crippen LogP contribution in [0.1, 0.15) is 5.69 Å². The zero-order valence-corrected chi connectivity index (χ0v) is 9.86. The van der Waals surface area contributed by atoms with Crippen LogP contribution in [0.2, 0.25) is 0 Å². The monoisotopic (exact) mass is 256 g/mol. The number of rotatable bonds is 2. The molecule has 0 atom stereocenters. The van der Waals surface area contributed by atoms with E-state index >= 15 is 0 Å². The van der Waals surface area contributed by atoms with Crippen molar-refractivity contribution in [3.05, 3.63) is 40.6 Å². The lowest BCUT2D eigenvalue weighted by atomic mass is 10.3. The molecule has 0 bridgehead atoms. The highest BCUT2D eigenvalue weighted by Crippen LogP contribution is 2.17. The van der Waals surface area contributed by atoms with Gasteiger partial charge < -0.3 is 9.51 Å². The van der Waals surface area contributed by atoms with E-state index in [-0.39, 0.29) is 11.4 Å². The van der Waals surface area contributed by atoms with Crippen molar-refractivity contribution >= 4 is 0 Å². The predicted molar refractivity (Wildman–Crippen MR) is 63.9 cm³/mol. The molecule has 3 aromatic rings. The Morgan fingerprint density at radius 1 is 1.21 bits per heavy atom. The smallest absolute Gasteiger partial charge is 0.278 e. The number of hydrogen-bond acceptors (Lipinski definition) is 7. The third-order valence-electron chi connectivity index (χ3n) is 2.34. The number of aromatic amines is 1. The Hall–Kier alpha value is -2.90. The van der Waals surface area contributed by atoms with Crippen molar-refractivity contribution in [1.29, 1.82) is 0 Å². The maximum Gasteiger partial charge on any atom is 0.278 e.